The molecule has 6 atom stereocenters. The monoisotopic (exact) mass is 420 g/mol. The number of alkyl halides is 3. The van der Waals surface area contributed by atoms with Gasteiger partial charge in [0.2, 0.25) is 11.8 Å². The largest absolute Gasteiger partial charge is 0.497 e. The van der Waals surface area contributed by atoms with E-state index >= 15 is 0 Å². The molecule has 6 rings (SSSR count). The van der Waals surface area contributed by atoms with Crippen molar-refractivity contribution in [2.24, 2.45) is 35.5 Å². The standard InChI is InChI=1S/C21H19F3N2O4/c1-30-11-4-2-10(3-5-11)25(20(29)21(22,23)24)9-26-18(27)16-12-6-7-13(15-8-14(12)15)17(16)19(26)28/h2-7,12-17H,8-9H2,1H3/t12-,13-,14-,15-,16-,17+/m0/s1. The highest BCUT2D eigenvalue weighted by Gasteiger charge is 2.67. The summed E-state index contributed by atoms with van der Waals surface area (Å²) in [5.74, 6) is -3.08. The van der Waals surface area contributed by atoms with Gasteiger partial charge in [0.1, 0.15) is 12.4 Å². The van der Waals surface area contributed by atoms with Gasteiger partial charge in [-0.25, -0.2) is 0 Å². The summed E-state index contributed by atoms with van der Waals surface area (Å²) in [7, 11) is 1.41. The fraction of sp³-hybridized carbons (Fsp3) is 0.476. The molecule has 9 heteroatoms. The number of benzene rings is 1. The van der Waals surface area contributed by atoms with Crippen LogP contribution in [0.25, 0.3) is 0 Å². The highest BCUT2D eigenvalue weighted by atomic mass is 19.4. The lowest BCUT2D eigenvalue weighted by Crippen LogP contribution is -2.49. The Kier molecular flexibility index (Phi) is 4.04. The van der Waals surface area contributed by atoms with Crippen LogP contribution in [0.4, 0.5) is 18.9 Å². The van der Waals surface area contributed by atoms with Crippen molar-refractivity contribution < 1.29 is 32.3 Å². The molecule has 0 aromatic heterocycles. The summed E-state index contributed by atoms with van der Waals surface area (Å²) in [5, 5.41) is 0. The number of methoxy groups -OCH3 is 1. The molecule has 6 nitrogen and oxygen atoms in total. The van der Waals surface area contributed by atoms with Crippen LogP contribution in [-0.2, 0) is 14.4 Å². The van der Waals surface area contributed by atoms with Crippen LogP contribution in [0.5, 0.6) is 5.75 Å². The second kappa shape index (κ2) is 6.33. The van der Waals surface area contributed by atoms with E-state index in [0.717, 1.165) is 11.3 Å². The molecular weight excluding hydrogens is 401 g/mol. The van der Waals surface area contributed by atoms with Crippen molar-refractivity contribution in [1.82, 2.24) is 4.90 Å². The Hall–Kier alpha value is -2.84. The van der Waals surface area contributed by atoms with Gasteiger partial charge < -0.3 is 4.74 Å². The minimum Gasteiger partial charge on any atom is -0.497 e. The molecule has 0 radical (unpaired) electrons. The number of amides is 3. The van der Waals surface area contributed by atoms with Crippen molar-refractivity contribution >= 4 is 23.4 Å². The number of carbonyl (C=O) groups is 3. The molecule has 158 valence electrons. The van der Waals surface area contributed by atoms with Crippen molar-refractivity contribution in [3.63, 3.8) is 0 Å². The van der Waals surface area contributed by atoms with Gasteiger partial charge in [0.15, 0.2) is 0 Å². The Morgan fingerprint density at radius 2 is 1.60 bits per heavy atom. The summed E-state index contributed by atoms with van der Waals surface area (Å²) in [5.41, 5.74) is -0.0717. The van der Waals surface area contributed by atoms with E-state index in [2.05, 4.69) is 0 Å². The van der Waals surface area contributed by atoms with E-state index in [-0.39, 0.29) is 17.5 Å². The van der Waals surface area contributed by atoms with Crippen LogP contribution in [0.3, 0.4) is 0 Å². The summed E-state index contributed by atoms with van der Waals surface area (Å²) in [6.45, 7) is -0.760. The number of halogens is 3. The average molecular weight is 420 g/mol. The second-order valence-electron chi connectivity index (χ2n) is 8.33. The summed E-state index contributed by atoms with van der Waals surface area (Å²) in [6, 6.07) is 5.41. The van der Waals surface area contributed by atoms with Crippen LogP contribution >= 0.6 is 0 Å². The SMILES string of the molecule is COc1ccc(N(CN2C(=O)[C@@H]3[C@H]4C=C[C@@H]([C@@H]5C[C@@H]45)[C@@H]3C2=O)C(=O)C(F)(F)F)cc1. The Labute approximate surface area is 170 Å². The predicted octanol–water partition coefficient (Wildman–Crippen LogP) is 2.60. The third kappa shape index (κ3) is 2.67. The van der Waals surface area contributed by atoms with Crippen LogP contribution in [0.1, 0.15) is 6.42 Å². The molecule has 2 bridgehead atoms. The van der Waals surface area contributed by atoms with Gasteiger partial charge in [-0.2, -0.15) is 13.2 Å². The molecule has 3 fully saturated rings. The summed E-state index contributed by atoms with van der Waals surface area (Å²) < 4.78 is 44.8. The van der Waals surface area contributed by atoms with Gasteiger partial charge in [-0.05, 0) is 54.4 Å². The third-order valence-electron chi connectivity index (χ3n) is 6.91. The molecule has 0 unspecified atom stereocenters. The van der Waals surface area contributed by atoms with Crippen LogP contribution in [-0.4, -0.2) is 42.6 Å². The number of likely N-dealkylation sites (tertiary alicyclic amines) is 1. The van der Waals surface area contributed by atoms with Crippen molar-refractivity contribution in [2.45, 2.75) is 12.6 Å². The quantitative estimate of drug-likeness (QED) is 0.555. The van der Waals surface area contributed by atoms with Crippen molar-refractivity contribution in [2.75, 3.05) is 18.7 Å². The summed E-state index contributed by atoms with van der Waals surface area (Å²) in [4.78, 5) is 39.6. The third-order valence-corrected chi connectivity index (χ3v) is 6.91. The Morgan fingerprint density at radius 3 is 2.07 bits per heavy atom. The van der Waals surface area contributed by atoms with Crippen molar-refractivity contribution in [1.29, 1.82) is 0 Å². The predicted molar refractivity (Wildman–Crippen MR) is 98.0 cm³/mol. The topological polar surface area (TPSA) is 66.9 Å². The maximum atomic E-state index is 13.3. The average Bonchev–Trinajstić information content (AvgIpc) is 3.51. The number of allylic oxidation sites excluding steroid dienone is 2. The zero-order valence-corrected chi connectivity index (χ0v) is 16.0. The molecule has 4 aliphatic carbocycles. The van der Waals surface area contributed by atoms with E-state index in [4.69, 9.17) is 4.74 Å². The van der Waals surface area contributed by atoms with Gasteiger partial charge in [0.05, 0.1) is 18.9 Å². The van der Waals surface area contributed by atoms with Gasteiger partial charge in [-0.15, -0.1) is 0 Å². The van der Waals surface area contributed by atoms with Crippen LogP contribution in [0, 0.1) is 35.5 Å². The van der Waals surface area contributed by atoms with Crippen LogP contribution in [0.15, 0.2) is 36.4 Å². The van der Waals surface area contributed by atoms with Crippen LogP contribution in [0.2, 0.25) is 0 Å². The van der Waals surface area contributed by atoms with Gasteiger partial charge in [-0.3, -0.25) is 24.2 Å². The molecule has 1 aromatic rings. The Bertz CT molecular complexity index is 922. The highest BCUT2D eigenvalue weighted by molar-refractivity contribution is 6.07. The first-order valence-corrected chi connectivity index (χ1v) is 9.78. The van der Waals surface area contributed by atoms with Crippen LogP contribution < -0.4 is 9.64 Å². The van der Waals surface area contributed by atoms with E-state index < -0.39 is 42.4 Å². The number of carbonyl (C=O) groups excluding carboxylic acids is 3. The molecule has 2 saturated carbocycles. The molecule has 30 heavy (non-hydrogen) atoms. The first-order valence-electron chi connectivity index (χ1n) is 9.78. The molecule has 3 amide bonds. The van der Waals surface area contributed by atoms with E-state index in [9.17, 15) is 27.6 Å². The van der Waals surface area contributed by atoms with E-state index in [0.29, 0.717) is 22.5 Å². The van der Waals surface area contributed by atoms with E-state index in [1.54, 1.807) is 0 Å². The fourth-order valence-corrected chi connectivity index (χ4v) is 5.48. The minimum absolute atomic E-state index is 0.0424. The van der Waals surface area contributed by atoms with E-state index in [1.807, 2.05) is 12.2 Å². The molecule has 1 aliphatic heterocycles. The van der Waals surface area contributed by atoms with Crippen molar-refractivity contribution in [3.8, 4) is 5.75 Å². The minimum atomic E-state index is -5.15. The summed E-state index contributed by atoms with van der Waals surface area (Å²) in [6.07, 6.45) is -0.200. The first-order chi connectivity index (χ1) is 14.2. The molecule has 0 N–H and O–H groups in total. The van der Waals surface area contributed by atoms with Gasteiger partial charge >= 0.3 is 12.1 Å². The van der Waals surface area contributed by atoms with E-state index in [1.165, 1.54) is 31.4 Å². The zero-order chi connectivity index (χ0) is 21.4. The fourth-order valence-electron chi connectivity index (χ4n) is 5.48. The van der Waals surface area contributed by atoms with Gasteiger partial charge in [0.25, 0.3) is 0 Å². The molecular formula is C21H19F3N2O4. The smallest absolute Gasteiger partial charge is 0.471 e. The lowest BCUT2D eigenvalue weighted by molar-refractivity contribution is -0.171. The summed E-state index contributed by atoms with van der Waals surface area (Å²) >= 11 is 0. The van der Waals surface area contributed by atoms with Gasteiger partial charge in [0, 0.05) is 5.69 Å². The number of ether oxygens (including phenoxy) is 1. The molecule has 1 heterocycles. The molecule has 5 aliphatic rings. The molecule has 1 saturated heterocycles. The number of rotatable bonds is 4. The lowest BCUT2D eigenvalue weighted by Gasteiger charge is -2.37. The Balaban J connectivity index is 1.45. The number of nitrogens with zero attached hydrogens (tertiary/aromatic N) is 2. The normalized spacial score (nSPS) is 33.4. The number of hydrogen-bond donors (Lipinski definition) is 0. The number of anilines is 1. The maximum Gasteiger partial charge on any atom is 0.471 e. The molecule has 1 aromatic carbocycles. The van der Waals surface area contributed by atoms with Crippen molar-refractivity contribution in [3.05, 3.63) is 36.4 Å². The van der Waals surface area contributed by atoms with Gasteiger partial charge in [-0.1, -0.05) is 12.2 Å². The molecule has 0 spiro atoms. The zero-order valence-electron chi connectivity index (χ0n) is 16.0. The number of hydrogen-bond acceptors (Lipinski definition) is 4. The first kappa shape index (κ1) is 19.1. The number of imide groups is 1. The highest BCUT2D eigenvalue weighted by Crippen LogP contribution is 2.65. The Morgan fingerprint density at radius 1 is 1.07 bits per heavy atom. The second-order valence-corrected chi connectivity index (χ2v) is 8.33. The maximum absolute atomic E-state index is 13.3. The lowest BCUT2D eigenvalue weighted by atomic mass is 9.63.